The van der Waals surface area contributed by atoms with Crippen LogP contribution >= 0.6 is 11.6 Å². The molecule has 0 saturated heterocycles. The van der Waals surface area contributed by atoms with Gasteiger partial charge in [-0.3, -0.25) is 4.79 Å². The Hall–Kier alpha value is -2.53. The largest absolute Gasteiger partial charge is 0.494 e. The summed E-state index contributed by atoms with van der Waals surface area (Å²) in [6, 6.07) is 13.2. The average Bonchev–Trinajstić information content (AvgIpc) is 2.88. The maximum Gasteiger partial charge on any atom is 0.343 e. The van der Waals surface area contributed by atoms with E-state index < -0.39 is 17.3 Å². The minimum Gasteiger partial charge on any atom is -0.494 e. The molecule has 0 amide bonds. The number of benzene rings is 2. The highest BCUT2D eigenvalue weighted by Crippen LogP contribution is 2.22. The molecule has 0 heterocycles. The molecule has 0 aromatic heterocycles. The minimum atomic E-state index is -0.704. The highest BCUT2D eigenvalue weighted by Gasteiger charge is 2.23. The number of hydrogen-bond donors (Lipinski definition) is 0. The summed E-state index contributed by atoms with van der Waals surface area (Å²) in [6.45, 7) is 6.78. The van der Waals surface area contributed by atoms with E-state index in [1.165, 1.54) is 44.9 Å². The van der Waals surface area contributed by atoms with Gasteiger partial charge in [-0.1, -0.05) is 72.1 Å². The molecule has 0 saturated carbocycles. The molecular weight excluding hydrogens is 464 g/mol. The van der Waals surface area contributed by atoms with Crippen LogP contribution in [0.1, 0.15) is 88.9 Å². The van der Waals surface area contributed by atoms with Gasteiger partial charge in [0.15, 0.2) is 0 Å². The molecule has 0 N–H and O–H groups in total. The van der Waals surface area contributed by atoms with Crippen LogP contribution in [0.4, 0.5) is 0 Å². The van der Waals surface area contributed by atoms with E-state index in [1.54, 1.807) is 48.5 Å². The van der Waals surface area contributed by atoms with Crippen molar-refractivity contribution in [3.8, 4) is 17.2 Å². The van der Waals surface area contributed by atoms with Gasteiger partial charge in [-0.25, -0.2) is 4.79 Å². The Morgan fingerprint density at radius 3 is 1.83 bits per heavy atom. The molecule has 0 radical (unpaired) electrons. The van der Waals surface area contributed by atoms with Crippen LogP contribution in [0.3, 0.4) is 0 Å². The van der Waals surface area contributed by atoms with E-state index in [0.29, 0.717) is 23.7 Å². The summed E-state index contributed by atoms with van der Waals surface area (Å²) in [7, 11) is 0. The first-order valence-electron chi connectivity index (χ1n) is 12.9. The standard InChI is InChI=1S/C29H39ClO5/c1-4-6-7-8-9-10-11-12-21-33-24-15-13-23(14-16-24)28(31)34-25-17-19-26(20-18-25)35-29(32)27(30)22(3)5-2/h13-20,22,27H,4-12,21H2,1-3H3. The van der Waals surface area contributed by atoms with Crippen LogP contribution in [0.15, 0.2) is 48.5 Å². The van der Waals surface area contributed by atoms with Gasteiger partial charge in [-0.05, 0) is 60.9 Å². The van der Waals surface area contributed by atoms with E-state index in [-0.39, 0.29) is 5.92 Å². The van der Waals surface area contributed by atoms with Crippen molar-refractivity contribution >= 4 is 23.5 Å². The summed E-state index contributed by atoms with van der Waals surface area (Å²) in [5.41, 5.74) is 0.429. The molecule has 35 heavy (non-hydrogen) atoms. The van der Waals surface area contributed by atoms with Gasteiger partial charge < -0.3 is 14.2 Å². The number of alkyl halides is 1. The highest BCUT2D eigenvalue weighted by atomic mass is 35.5. The zero-order chi connectivity index (χ0) is 25.5. The lowest BCUT2D eigenvalue weighted by Gasteiger charge is -2.15. The van der Waals surface area contributed by atoms with Gasteiger partial charge in [0.1, 0.15) is 22.6 Å². The fourth-order valence-electron chi connectivity index (χ4n) is 3.47. The molecule has 0 aliphatic heterocycles. The van der Waals surface area contributed by atoms with Crippen molar-refractivity contribution in [1.29, 1.82) is 0 Å². The molecule has 0 bridgehead atoms. The van der Waals surface area contributed by atoms with Crippen LogP contribution in [0.5, 0.6) is 17.2 Å². The van der Waals surface area contributed by atoms with Gasteiger partial charge in [0.2, 0.25) is 0 Å². The number of esters is 2. The second-order valence-electron chi connectivity index (χ2n) is 8.92. The predicted molar refractivity (Wildman–Crippen MR) is 141 cm³/mol. The Balaban J connectivity index is 1.72. The van der Waals surface area contributed by atoms with Gasteiger partial charge in [-0.2, -0.15) is 0 Å². The van der Waals surface area contributed by atoms with Crippen molar-refractivity contribution < 1.29 is 23.8 Å². The molecule has 2 atom stereocenters. The van der Waals surface area contributed by atoms with Gasteiger partial charge in [0.05, 0.1) is 12.2 Å². The molecule has 2 unspecified atom stereocenters. The summed E-state index contributed by atoms with van der Waals surface area (Å²) in [6.07, 6.45) is 10.8. The lowest BCUT2D eigenvalue weighted by molar-refractivity contribution is -0.134. The monoisotopic (exact) mass is 502 g/mol. The van der Waals surface area contributed by atoms with Crippen molar-refractivity contribution in [3.63, 3.8) is 0 Å². The highest BCUT2D eigenvalue weighted by molar-refractivity contribution is 6.30. The second-order valence-corrected chi connectivity index (χ2v) is 9.39. The molecule has 0 spiro atoms. The van der Waals surface area contributed by atoms with Gasteiger partial charge in [0, 0.05) is 0 Å². The van der Waals surface area contributed by atoms with E-state index in [1.807, 2.05) is 13.8 Å². The number of ether oxygens (including phenoxy) is 3. The summed E-state index contributed by atoms with van der Waals surface area (Å²) >= 11 is 6.13. The fraction of sp³-hybridized carbons (Fsp3) is 0.517. The Kier molecular flexibility index (Phi) is 13.3. The minimum absolute atomic E-state index is 0.0197. The first-order valence-corrected chi connectivity index (χ1v) is 13.3. The van der Waals surface area contributed by atoms with E-state index in [0.717, 1.165) is 18.6 Å². The van der Waals surface area contributed by atoms with Gasteiger partial charge >= 0.3 is 11.9 Å². The SMILES string of the molecule is CCCCCCCCCCOc1ccc(C(=O)Oc2ccc(OC(=O)C(Cl)C(C)CC)cc2)cc1. The predicted octanol–water partition coefficient (Wildman–Crippen LogP) is 7.98. The van der Waals surface area contributed by atoms with Crippen molar-refractivity contribution in [2.24, 2.45) is 5.92 Å². The van der Waals surface area contributed by atoms with Crippen molar-refractivity contribution in [2.45, 2.75) is 83.9 Å². The van der Waals surface area contributed by atoms with Crippen LogP contribution in [-0.4, -0.2) is 23.9 Å². The Labute approximate surface area is 215 Å². The van der Waals surface area contributed by atoms with E-state index in [2.05, 4.69) is 6.92 Å². The smallest absolute Gasteiger partial charge is 0.343 e. The van der Waals surface area contributed by atoms with Crippen LogP contribution in [0.2, 0.25) is 0 Å². The number of hydrogen-bond acceptors (Lipinski definition) is 5. The maximum absolute atomic E-state index is 12.4. The van der Waals surface area contributed by atoms with Crippen molar-refractivity contribution in [2.75, 3.05) is 6.61 Å². The fourth-order valence-corrected chi connectivity index (χ4v) is 3.69. The summed E-state index contributed by atoms with van der Waals surface area (Å²) < 4.78 is 16.5. The molecule has 0 aliphatic carbocycles. The third-order valence-corrected chi connectivity index (χ3v) is 6.59. The van der Waals surface area contributed by atoms with Crippen molar-refractivity contribution in [1.82, 2.24) is 0 Å². The molecule has 2 rings (SSSR count). The molecular formula is C29H39ClO5. The Morgan fingerprint density at radius 1 is 0.743 bits per heavy atom. The van der Waals surface area contributed by atoms with Crippen LogP contribution < -0.4 is 14.2 Å². The number of rotatable bonds is 16. The molecule has 6 heteroatoms. The third-order valence-electron chi connectivity index (χ3n) is 5.98. The molecule has 192 valence electrons. The third kappa shape index (κ3) is 10.7. The molecule has 0 aliphatic rings. The normalized spacial score (nSPS) is 12.6. The summed E-state index contributed by atoms with van der Waals surface area (Å²) in [4.78, 5) is 24.5. The van der Waals surface area contributed by atoms with E-state index in [9.17, 15) is 9.59 Å². The van der Waals surface area contributed by atoms with Gasteiger partial charge in [0.25, 0.3) is 0 Å². The van der Waals surface area contributed by atoms with Gasteiger partial charge in [-0.15, -0.1) is 11.6 Å². The lowest BCUT2D eigenvalue weighted by Crippen LogP contribution is -2.26. The molecule has 2 aromatic rings. The topological polar surface area (TPSA) is 61.8 Å². The van der Waals surface area contributed by atoms with Crippen LogP contribution in [-0.2, 0) is 4.79 Å². The first-order chi connectivity index (χ1) is 16.9. The quantitative estimate of drug-likeness (QED) is 0.101. The molecule has 5 nitrogen and oxygen atoms in total. The zero-order valence-electron chi connectivity index (χ0n) is 21.3. The molecule has 0 fully saturated rings. The van der Waals surface area contributed by atoms with E-state index in [4.69, 9.17) is 25.8 Å². The average molecular weight is 503 g/mol. The zero-order valence-corrected chi connectivity index (χ0v) is 22.0. The Bertz CT molecular complexity index is 879. The second kappa shape index (κ2) is 16.2. The van der Waals surface area contributed by atoms with Crippen molar-refractivity contribution in [3.05, 3.63) is 54.1 Å². The maximum atomic E-state index is 12.4. The number of carbonyl (C=O) groups is 2. The summed E-state index contributed by atoms with van der Waals surface area (Å²) in [5, 5.41) is -0.704. The Morgan fingerprint density at radius 2 is 1.26 bits per heavy atom. The van der Waals surface area contributed by atoms with E-state index >= 15 is 0 Å². The van der Waals surface area contributed by atoms with Crippen LogP contribution in [0.25, 0.3) is 0 Å². The summed E-state index contributed by atoms with van der Waals surface area (Å²) in [5.74, 6) is 0.505. The number of unbranched alkanes of at least 4 members (excludes halogenated alkanes) is 7. The lowest BCUT2D eigenvalue weighted by atomic mass is 10.1. The number of halogens is 1. The first kappa shape index (κ1) is 28.7. The van der Waals surface area contributed by atoms with Crippen LogP contribution in [0, 0.1) is 5.92 Å². The molecule has 2 aromatic carbocycles. The number of carbonyl (C=O) groups excluding carboxylic acids is 2.